The van der Waals surface area contributed by atoms with Gasteiger partial charge in [0.2, 0.25) is 0 Å². The summed E-state index contributed by atoms with van der Waals surface area (Å²) < 4.78 is 77.0. The van der Waals surface area contributed by atoms with Crippen LogP contribution in [0.15, 0.2) is 25.3 Å². The molecule has 0 bridgehead atoms. The summed E-state index contributed by atoms with van der Waals surface area (Å²) in [5.74, 6) is -0.933. The smallest absolute Gasteiger partial charge is 0.186 e. The van der Waals surface area contributed by atoms with E-state index in [1.54, 1.807) is 0 Å². The molecule has 10 saturated heterocycles. The molecule has 148 heavy (non-hydrogen) atoms. The van der Waals surface area contributed by atoms with Crippen molar-refractivity contribution in [2.24, 2.45) is 29.6 Å². The average Bonchev–Trinajstić information content (AvgIpc) is 1.56. The van der Waals surface area contributed by atoms with Crippen LogP contribution >= 0.6 is 0 Å². The van der Waals surface area contributed by atoms with Crippen LogP contribution in [-0.4, -0.2) is 413 Å². The average molecular weight is 2130 g/mol. The fourth-order valence-corrected chi connectivity index (χ4v) is 25.2. The molecule has 10 aliphatic rings. The molecule has 12 unspecified atom stereocenters. The summed E-state index contributed by atoms with van der Waals surface area (Å²) >= 11 is 0. The molecule has 866 valence electrons. The van der Waals surface area contributed by atoms with E-state index in [-0.39, 0.29) is 115 Å². The topological polar surface area (TPSA) is 637 Å². The predicted molar refractivity (Wildman–Crippen MR) is 542 cm³/mol. The zero-order chi connectivity index (χ0) is 108. The number of aliphatic hydroxyl groups is 26. The van der Waals surface area contributed by atoms with Gasteiger partial charge in [0.25, 0.3) is 0 Å². The number of rotatable bonds is 61. The lowest BCUT2D eigenvalue weighted by molar-refractivity contribution is -0.380. The molecule has 0 amide bonds. The van der Waals surface area contributed by atoms with Crippen molar-refractivity contribution in [3.63, 3.8) is 0 Å². The Hall–Kier alpha value is -2.04. The van der Waals surface area contributed by atoms with Gasteiger partial charge in [-0.25, -0.2) is 0 Å². The van der Waals surface area contributed by atoms with E-state index in [9.17, 15) is 133 Å². The molecule has 0 aromatic rings. The Kier molecular flexibility index (Phi) is 52.6. The second-order valence-corrected chi connectivity index (χ2v) is 47.9. The molecule has 10 heterocycles. The van der Waals surface area contributed by atoms with E-state index in [1.165, 1.54) is 85.0 Å². The van der Waals surface area contributed by atoms with Crippen LogP contribution in [0.5, 0.6) is 0 Å². The van der Waals surface area contributed by atoms with Crippen LogP contribution < -0.4 is 0 Å². The summed E-state index contributed by atoms with van der Waals surface area (Å²) in [6.07, 6.45) is -29.1. The molecule has 0 aromatic heterocycles. The van der Waals surface area contributed by atoms with Crippen LogP contribution in [0.4, 0.5) is 0 Å². The Morgan fingerprint density at radius 3 is 1.64 bits per heavy atom. The van der Waals surface area contributed by atoms with Crippen molar-refractivity contribution >= 4 is 0 Å². The number of allylic oxidation sites excluding steroid dienone is 2. The van der Waals surface area contributed by atoms with E-state index in [0.29, 0.717) is 75.5 Å². The van der Waals surface area contributed by atoms with Crippen LogP contribution in [0.3, 0.4) is 0 Å². The minimum Gasteiger partial charge on any atom is -0.393 e. The highest BCUT2D eigenvalue weighted by molar-refractivity contribution is 5.06. The Morgan fingerprint density at radius 1 is 0.378 bits per heavy atom. The Labute approximate surface area is 877 Å². The number of hydrogen-bond acceptors (Lipinski definition) is 38. The summed E-state index contributed by atoms with van der Waals surface area (Å²) in [5, 5.41) is 297. The second-order valence-electron chi connectivity index (χ2n) is 47.9. The Bertz CT molecular complexity index is 3690. The number of ether oxygens (including phenoxy) is 12. The molecule has 0 aliphatic carbocycles. The van der Waals surface area contributed by atoms with E-state index in [1.807, 2.05) is 26.0 Å². The molecule has 38 heteroatoms. The summed E-state index contributed by atoms with van der Waals surface area (Å²) in [5.41, 5.74) is -3.62. The van der Waals surface area contributed by atoms with Crippen molar-refractivity contribution in [1.29, 1.82) is 0 Å². The summed E-state index contributed by atoms with van der Waals surface area (Å²) in [7, 11) is 0. The molecule has 10 aliphatic heterocycles. The first-order valence-corrected chi connectivity index (χ1v) is 56.9. The van der Waals surface area contributed by atoms with Crippen LogP contribution in [0.1, 0.15) is 357 Å². The minimum absolute atomic E-state index is 0.0165. The van der Waals surface area contributed by atoms with Crippen molar-refractivity contribution in [3.05, 3.63) is 25.3 Å². The monoisotopic (exact) mass is 2130 g/mol. The van der Waals surface area contributed by atoms with Crippen LogP contribution in [0.2, 0.25) is 0 Å². The third-order valence-corrected chi connectivity index (χ3v) is 34.2. The van der Waals surface area contributed by atoms with Gasteiger partial charge in [-0.3, -0.25) is 0 Å². The van der Waals surface area contributed by atoms with E-state index in [4.69, 9.17) is 56.8 Å². The van der Waals surface area contributed by atoms with Crippen molar-refractivity contribution in [2.75, 3.05) is 6.61 Å². The van der Waals surface area contributed by atoms with E-state index in [0.717, 1.165) is 51.4 Å². The fraction of sp³-hybridized carbons (Fsp3) is 0.964. The molecular formula is C110H198O38. The highest BCUT2D eigenvalue weighted by atomic mass is 16.8. The third-order valence-electron chi connectivity index (χ3n) is 34.2. The molecular weight excluding hydrogens is 1930 g/mol. The van der Waals surface area contributed by atoms with Gasteiger partial charge in [0.1, 0.15) is 73.2 Å². The summed E-state index contributed by atoms with van der Waals surface area (Å²) in [4.78, 5) is 0. The molecule has 0 aromatic carbocycles. The van der Waals surface area contributed by atoms with Gasteiger partial charge in [-0.2, -0.15) is 0 Å². The van der Waals surface area contributed by atoms with Gasteiger partial charge < -0.3 is 190 Å². The standard InChI is InChI=1S/C110H198O38/c1-11-13-15-17-18-19-20-21-22-23-25-30-79(118)80(119)51-77-46-72(116)59-109(146-77)39-40-110(148-109)65(7)35-37-74(147-110)45-71(115)47-81(120)90-55-84(123)95(129)98(132)93(141-90)56-85(124)102-97(131)83(122)50-76(139-102)44-68(112)36-38-75-49-86(125)103(136)107(9,144-75)57-73(117)58-108(10)104(143-105-100(134)96(130)88(127)60-137-105)87(126)52-78(145-108)53-91-92(142-106-101(135)99(133)94(128)66(8)138-106)54-82(121)89(140-91)48-67(111)29-26-28-63(5)41-69(113)43-70(114)42-64(6)34-33-62(4)32-31-61(3)27-24-16-14-12-2/h11-12,61-106,111-136H,1-2,13-60H2,3-10H3/t61?,62?,63?,64?,65-,66-,67?,68?,69?,70?,71?,72+,73+,74+,75+,76+,77+,78-,79?,80?,81?,82+,83+,84-,85+,86-,87+,88-,89-,90-,91-,92-,93+,94-,95+,96+,97+,98+,99+,100-,101+,102+,103-,104+,105+,106+,107-,108+,109+,110+/m1/s1. The first-order chi connectivity index (χ1) is 70.0. The highest BCUT2D eigenvalue weighted by Crippen LogP contribution is 2.54. The third kappa shape index (κ3) is 38.1. The van der Waals surface area contributed by atoms with Crippen molar-refractivity contribution in [1.82, 2.24) is 0 Å². The number of aliphatic hydroxyl groups excluding tert-OH is 26. The van der Waals surface area contributed by atoms with Crippen LogP contribution in [-0.2, 0) is 56.8 Å². The number of unbranched alkanes of at least 4 members (excludes halogenated alkanes) is 11. The zero-order valence-electron chi connectivity index (χ0n) is 89.6. The van der Waals surface area contributed by atoms with Crippen LogP contribution in [0, 0.1) is 29.6 Å². The lowest BCUT2D eigenvalue weighted by Crippen LogP contribution is -2.64. The van der Waals surface area contributed by atoms with Gasteiger partial charge >= 0.3 is 0 Å². The van der Waals surface area contributed by atoms with Gasteiger partial charge in [-0.15, -0.1) is 13.2 Å². The van der Waals surface area contributed by atoms with Crippen molar-refractivity contribution < 1.29 is 190 Å². The van der Waals surface area contributed by atoms with Gasteiger partial charge in [-0.1, -0.05) is 150 Å². The Balaban J connectivity index is 0.708. The van der Waals surface area contributed by atoms with Gasteiger partial charge in [0.05, 0.1) is 183 Å². The van der Waals surface area contributed by atoms with Gasteiger partial charge in [-0.05, 0) is 147 Å². The fourth-order valence-electron chi connectivity index (χ4n) is 25.2. The molecule has 0 saturated carbocycles. The number of hydrogen-bond donors (Lipinski definition) is 26. The second kappa shape index (κ2) is 61.0. The van der Waals surface area contributed by atoms with Crippen molar-refractivity contribution in [3.8, 4) is 0 Å². The maximum atomic E-state index is 12.5. The lowest BCUT2D eigenvalue weighted by Gasteiger charge is -2.51. The first-order valence-electron chi connectivity index (χ1n) is 56.9. The first kappa shape index (κ1) is 128. The molecule has 38 nitrogen and oxygen atoms in total. The molecule has 10 rings (SSSR count). The minimum atomic E-state index is -1.89. The van der Waals surface area contributed by atoms with Gasteiger partial charge in [0, 0.05) is 102 Å². The highest BCUT2D eigenvalue weighted by Gasteiger charge is 2.61. The quantitative estimate of drug-likeness (QED) is 0.0282. The molecule has 0 radical (unpaired) electrons. The SMILES string of the molecule is C=CCCCCCCCCCCCC(O)C(O)C[C@@H]1C[C@H](O)C[C@@]2(CC[C@]3(O[C@H](CC(O)CC(O)[C@H]4C[C@@H](O)[C@H](O)[C@@H](O)[C@H](C[C@H](O)[C@@H]5O[C@@H](CC(O)CC[C@H]6C[C@@H](O)[C@@H](O)[C@@](C)(C[C@H](O)C[C@]7(C)O[C@@H](C[C@H]8O[C@H](CC(O)CCCC(C)CC(O)CC(O)CC(C)CCC(C)CCC(C)CCCCC=C)[C@@H](O)C[C@H]8O[C@@H]8O[C@H](C)[C@@H](O)[C@H](O)[C@@H]8O)C[C@H](O)[C@@H]7O[C@@H]7OC[C@@H](O)[C@H](O)[C@H]7O)O6)C[C@H](O)[C@@H]5O)O4)CC[C@H]3C)O2)O1. The maximum Gasteiger partial charge on any atom is 0.186 e. The normalized spacial score (nSPS) is 41.1. The summed E-state index contributed by atoms with van der Waals surface area (Å²) in [6, 6.07) is 0. The van der Waals surface area contributed by atoms with E-state index in [2.05, 4.69) is 33.9 Å². The van der Waals surface area contributed by atoms with Crippen LogP contribution in [0.25, 0.3) is 0 Å². The van der Waals surface area contributed by atoms with Crippen molar-refractivity contribution in [2.45, 2.75) is 631 Å². The molecule has 26 N–H and O–H groups in total. The zero-order valence-corrected chi connectivity index (χ0v) is 89.6. The summed E-state index contributed by atoms with van der Waals surface area (Å²) in [6.45, 7) is 22.3. The molecule has 50 atom stereocenters. The predicted octanol–water partition coefficient (Wildman–Crippen LogP) is 4.97. The van der Waals surface area contributed by atoms with E-state index >= 15 is 0 Å². The maximum absolute atomic E-state index is 12.5. The Morgan fingerprint density at radius 2 is 0.953 bits per heavy atom. The van der Waals surface area contributed by atoms with Gasteiger partial charge in [0.15, 0.2) is 24.2 Å². The molecule has 2 spiro atoms. The van der Waals surface area contributed by atoms with E-state index < -0.39 is 306 Å². The molecule has 10 fully saturated rings. The lowest BCUT2D eigenvalue weighted by atomic mass is 9.78. The largest absolute Gasteiger partial charge is 0.393 e.